The summed E-state index contributed by atoms with van der Waals surface area (Å²) in [5, 5.41) is 15.7. The van der Waals surface area contributed by atoms with Crippen molar-refractivity contribution < 1.29 is 9.53 Å². The van der Waals surface area contributed by atoms with Crippen LogP contribution in [0.3, 0.4) is 0 Å². The molecule has 0 aliphatic carbocycles. The summed E-state index contributed by atoms with van der Waals surface area (Å²) in [6.07, 6.45) is 4.70. The van der Waals surface area contributed by atoms with Crippen LogP contribution in [0.25, 0.3) is 11.8 Å². The van der Waals surface area contributed by atoms with Crippen molar-refractivity contribution in [2.75, 3.05) is 12.3 Å². The van der Waals surface area contributed by atoms with Gasteiger partial charge in [-0.1, -0.05) is 24.3 Å². The fraction of sp³-hybridized carbons (Fsp3) is 0.278. The number of carbonyl (C=O) groups excluding carboxylic acids is 1. The van der Waals surface area contributed by atoms with Gasteiger partial charge in [-0.05, 0) is 38.5 Å². The van der Waals surface area contributed by atoms with Gasteiger partial charge in [0, 0.05) is 6.54 Å². The lowest BCUT2D eigenvalue weighted by Crippen LogP contribution is -2.32. The summed E-state index contributed by atoms with van der Waals surface area (Å²) >= 11 is 0. The largest absolute Gasteiger partial charge is 0.444 e. The zero-order valence-electron chi connectivity index (χ0n) is 14.5. The first kappa shape index (κ1) is 18.1. The first-order valence-corrected chi connectivity index (χ1v) is 7.77. The number of benzene rings is 1. The zero-order chi connectivity index (χ0) is 18.4. The molecule has 0 aliphatic heterocycles. The van der Waals surface area contributed by atoms with Gasteiger partial charge in [0.25, 0.3) is 0 Å². The Morgan fingerprint density at radius 2 is 2.08 bits per heavy atom. The van der Waals surface area contributed by atoms with E-state index in [2.05, 4.69) is 10.4 Å². The first-order chi connectivity index (χ1) is 11.8. The molecule has 25 heavy (non-hydrogen) atoms. The molecule has 7 heteroatoms. The number of nitrogens with zero attached hydrogens (tertiary/aromatic N) is 3. The van der Waals surface area contributed by atoms with Gasteiger partial charge in [-0.25, -0.2) is 9.48 Å². The number of hydrogen-bond donors (Lipinski definition) is 2. The normalized spacial score (nSPS) is 11.3. The number of nitrogens with one attached hydrogen (secondary N) is 1. The van der Waals surface area contributed by atoms with Gasteiger partial charge in [-0.15, -0.1) is 0 Å². The summed E-state index contributed by atoms with van der Waals surface area (Å²) in [4.78, 5) is 11.5. The lowest BCUT2D eigenvalue weighted by molar-refractivity contribution is 0.0534. The van der Waals surface area contributed by atoms with Crippen LogP contribution in [0.1, 0.15) is 31.9 Å². The zero-order valence-corrected chi connectivity index (χ0v) is 14.5. The summed E-state index contributed by atoms with van der Waals surface area (Å²) in [7, 11) is 0. The molecule has 0 aliphatic rings. The molecule has 0 spiro atoms. The molecule has 0 saturated carbocycles. The number of alkyl carbamates (subject to hydrolysis) is 1. The fourth-order valence-corrected chi connectivity index (χ4v) is 2.03. The summed E-state index contributed by atoms with van der Waals surface area (Å²) < 4.78 is 6.66. The third-order valence-corrected chi connectivity index (χ3v) is 3.14. The first-order valence-electron chi connectivity index (χ1n) is 7.77. The van der Waals surface area contributed by atoms with Crippen molar-refractivity contribution >= 4 is 18.0 Å². The lowest BCUT2D eigenvalue weighted by Gasteiger charge is -2.19. The van der Waals surface area contributed by atoms with E-state index < -0.39 is 11.7 Å². The number of anilines is 1. The molecule has 1 aromatic heterocycles. The number of nitrogens with two attached hydrogens (primary N) is 1. The molecule has 7 nitrogen and oxygen atoms in total. The van der Waals surface area contributed by atoms with Crippen molar-refractivity contribution in [1.82, 2.24) is 15.1 Å². The van der Waals surface area contributed by atoms with Gasteiger partial charge in [0.15, 0.2) is 0 Å². The van der Waals surface area contributed by atoms with Crippen LogP contribution in [0.2, 0.25) is 0 Å². The highest BCUT2D eigenvalue weighted by Gasteiger charge is 2.15. The van der Waals surface area contributed by atoms with Crippen LogP contribution in [0, 0.1) is 11.3 Å². The van der Waals surface area contributed by atoms with E-state index in [-0.39, 0.29) is 0 Å². The van der Waals surface area contributed by atoms with Gasteiger partial charge in [0.1, 0.15) is 23.1 Å². The number of aromatic nitrogens is 2. The number of nitriles is 1. The highest BCUT2D eigenvalue weighted by atomic mass is 16.6. The van der Waals surface area contributed by atoms with Crippen molar-refractivity contribution in [3.8, 4) is 11.8 Å². The quantitative estimate of drug-likeness (QED) is 0.891. The maximum absolute atomic E-state index is 11.5. The summed E-state index contributed by atoms with van der Waals surface area (Å²) in [5.74, 6) is 0.312. The molecule has 0 bridgehead atoms. The topological polar surface area (TPSA) is 106 Å². The van der Waals surface area contributed by atoms with Crippen LogP contribution >= 0.6 is 0 Å². The maximum Gasteiger partial charge on any atom is 0.407 e. The third-order valence-electron chi connectivity index (χ3n) is 3.14. The van der Waals surface area contributed by atoms with Gasteiger partial charge in [0.05, 0.1) is 11.9 Å². The molecule has 0 saturated heterocycles. The molecule has 0 atom stereocenters. The Labute approximate surface area is 146 Å². The van der Waals surface area contributed by atoms with Crippen LogP contribution in [0.4, 0.5) is 10.6 Å². The Morgan fingerprint density at radius 3 is 2.64 bits per heavy atom. The Balaban J connectivity index is 1.93. The van der Waals surface area contributed by atoms with E-state index in [4.69, 9.17) is 15.7 Å². The second-order valence-corrected chi connectivity index (χ2v) is 6.34. The van der Waals surface area contributed by atoms with Crippen molar-refractivity contribution in [3.63, 3.8) is 0 Å². The fourth-order valence-electron chi connectivity index (χ4n) is 2.03. The second-order valence-electron chi connectivity index (χ2n) is 6.34. The molecule has 2 rings (SSSR count). The van der Waals surface area contributed by atoms with Crippen molar-refractivity contribution in [1.29, 1.82) is 5.26 Å². The Bertz CT molecular complexity index is 807. The van der Waals surface area contributed by atoms with E-state index in [1.165, 1.54) is 10.9 Å². The molecule has 0 radical (unpaired) electrons. The van der Waals surface area contributed by atoms with Gasteiger partial charge < -0.3 is 15.8 Å². The molecule has 0 unspecified atom stereocenters. The van der Waals surface area contributed by atoms with Gasteiger partial charge in [-0.2, -0.15) is 10.4 Å². The molecule has 0 fully saturated rings. The Hall–Kier alpha value is -3.27. The summed E-state index contributed by atoms with van der Waals surface area (Å²) in [6.45, 7) is 5.82. The van der Waals surface area contributed by atoms with Crippen molar-refractivity contribution in [3.05, 3.63) is 47.7 Å². The average Bonchev–Trinajstić information content (AvgIpc) is 2.91. The van der Waals surface area contributed by atoms with E-state index in [1.54, 1.807) is 0 Å². The number of carbonyl (C=O) groups is 1. The van der Waals surface area contributed by atoms with E-state index >= 15 is 0 Å². The minimum atomic E-state index is -0.511. The molecular weight excluding hydrogens is 318 g/mol. The van der Waals surface area contributed by atoms with E-state index in [1.807, 2.05) is 63.3 Å². The lowest BCUT2D eigenvalue weighted by atomic mass is 10.2. The monoisotopic (exact) mass is 339 g/mol. The highest BCUT2D eigenvalue weighted by Crippen LogP contribution is 2.17. The van der Waals surface area contributed by atoms with Gasteiger partial charge in [-0.3, -0.25) is 0 Å². The van der Waals surface area contributed by atoms with E-state index in [0.717, 1.165) is 11.3 Å². The number of amides is 1. The minimum Gasteiger partial charge on any atom is -0.444 e. The number of hydrogen-bond acceptors (Lipinski definition) is 5. The predicted octanol–water partition coefficient (Wildman–Crippen LogP) is 2.86. The van der Waals surface area contributed by atoms with Crippen LogP contribution in [0.15, 0.2) is 36.5 Å². The Kier molecular flexibility index (Phi) is 5.45. The Morgan fingerprint density at radius 1 is 1.40 bits per heavy atom. The smallest absolute Gasteiger partial charge is 0.407 e. The number of nitrogen functional groups attached to an aromatic ring is 1. The van der Waals surface area contributed by atoms with E-state index in [9.17, 15) is 4.79 Å². The standard InChI is InChI=1S/C18H21N5O2/c1-18(2,3)25-17(24)21-10-4-5-13-6-8-15(9-7-13)23-16(20)14(11-19)12-22-23/h4-9,12H,10,20H2,1-3H3,(H,21,24). The summed E-state index contributed by atoms with van der Waals surface area (Å²) in [5.41, 5.74) is 7.43. The summed E-state index contributed by atoms with van der Waals surface area (Å²) in [6, 6.07) is 9.49. The second kappa shape index (κ2) is 7.53. The van der Waals surface area contributed by atoms with E-state index in [0.29, 0.717) is 17.9 Å². The van der Waals surface area contributed by atoms with Crippen LogP contribution < -0.4 is 11.1 Å². The predicted molar refractivity (Wildman–Crippen MR) is 96.0 cm³/mol. The van der Waals surface area contributed by atoms with Crippen LogP contribution in [0.5, 0.6) is 0 Å². The molecule has 3 N–H and O–H groups in total. The molecule has 1 aromatic carbocycles. The van der Waals surface area contributed by atoms with Crippen molar-refractivity contribution in [2.45, 2.75) is 26.4 Å². The highest BCUT2D eigenvalue weighted by molar-refractivity contribution is 5.68. The van der Waals surface area contributed by atoms with Gasteiger partial charge in [0.2, 0.25) is 0 Å². The number of ether oxygens (including phenoxy) is 1. The van der Waals surface area contributed by atoms with Crippen LogP contribution in [-0.2, 0) is 4.74 Å². The van der Waals surface area contributed by atoms with Gasteiger partial charge >= 0.3 is 6.09 Å². The average molecular weight is 339 g/mol. The molecule has 1 heterocycles. The minimum absolute atomic E-state index is 0.312. The number of rotatable bonds is 4. The molecule has 1 amide bonds. The molecule has 130 valence electrons. The van der Waals surface area contributed by atoms with Crippen LogP contribution in [-0.4, -0.2) is 28.0 Å². The molecule has 2 aromatic rings. The molecular formula is C18H21N5O2. The maximum atomic E-state index is 11.5. The SMILES string of the molecule is CC(C)(C)OC(=O)NCC=Cc1ccc(-n2ncc(C#N)c2N)cc1. The van der Waals surface area contributed by atoms with Crippen molar-refractivity contribution in [2.24, 2.45) is 0 Å². The third kappa shape index (κ3) is 5.11.